The Kier molecular flexibility index (Phi) is 5.92. The molecule has 2 N–H and O–H groups in total. The number of ether oxygens (including phenoxy) is 2. The lowest BCUT2D eigenvalue weighted by Gasteiger charge is -2.23. The molecule has 1 aliphatic rings. The van der Waals surface area contributed by atoms with Crippen LogP contribution in [0.15, 0.2) is 42.6 Å². The van der Waals surface area contributed by atoms with E-state index >= 15 is 0 Å². The Bertz CT molecular complexity index is 1220. The number of hydrogen-bond acceptors (Lipinski definition) is 4. The smallest absolute Gasteiger partial charge is 0.419 e. The number of carbonyl (C=O) groups excluding carboxylic acids is 1. The Morgan fingerprint density at radius 3 is 2.47 bits per heavy atom. The second-order valence-corrected chi connectivity index (χ2v) is 7.56. The van der Waals surface area contributed by atoms with Crippen LogP contribution in [0.2, 0.25) is 0 Å². The number of rotatable bonds is 5. The number of carbonyl (C=O) groups is 1. The lowest BCUT2D eigenvalue weighted by molar-refractivity contribution is -0.144. The minimum atomic E-state index is -5.05. The zero-order valence-corrected chi connectivity index (χ0v) is 17.5. The second kappa shape index (κ2) is 8.58. The molecule has 0 spiro atoms. The van der Waals surface area contributed by atoms with Crippen molar-refractivity contribution in [2.45, 2.75) is 31.3 Å². The number of nitrogens with one attached hydrogen (secondary N) is 2. The SMILES string of the molecule is COc1cc([C@H]2CC(=O)Nc3n[nH]cc32)ccc1COc1ccc(C(F)(F)F)cc1C(F)(F)F. The minimum absolute atomic E-state index is 0.0201. The molecular weight excluding hydrogens is 468 g/mol. The molecule has 1 aromatic heterocycles. The van der Waals surface area contributed by atoms with Crippen LogP contribution in [0.25, 0.3) is 0 Å². The molecule has 0 saturated heterocycles. The predicted octanol–water partition coefficient (Wildman–Crippen LogP) is 5.51. The summed E-state index contributed by atoms with van der Waals surface area (Å²) in [5, 5.41) is 9.33. The molecule has 6 nitrogen and oxygen atoms in total. The van der Waals surface area contributed by atoms with E-state index < -0.39 is 29.2 Å². The van der Waals surface area contributed by atoms with Gasteiger partial charge in [0.15, 0.2) is 5.82 Å². The normalized spacial score (nSPS) is 16.1. The van der Waals surface area contributed by atoms with E-state index in [1.165, 1.54) is 7.11 Å². The number of benzene rings is 2. The fourth-order valence-electron chi connectivity index (χ4n) is 3.75. The van der Waals surface area contributed by atoms with Gasteiger partial charge in [0, 0.05) is 29.7 Å². The van der Waals surface area contributed by atoms with Gasteiger partial charge in [0.25, 0.3) is 0 Å². The Hall–Kier alpha value is -3.70. The molecule has 1 amide bonds. The van der Waals surface area contributed by atoms with Crippen molar-refractivity contribution in [3.05, 3.63) is 70.4 Å². The molecule has 0 aliphatic carbocycles. The van der Waals surface area contributed by atoms with Gasteiger partial charge < -0.3 is 14.8 Å². The summed E-state index contributed by atoms with van der Waals surface area (Å²) >= 11 is 0. The number of alkyl halides is 6. The number of aromatic amines is 1. The number of methoxy groups -OCH3 is 1. The number of amides is 1. The molecule has 0 bridgehead atoms. The number of nitrogens with zero attached hydrogens (tertiary/aromatic N) is 1. The molecule has 2 aromatic carbocycles. The maximum Gasteiger partial charge on any atom is 0.419 e. The summed E-state index contributed by atoms with van der Waals surface area (Å²) in [6, 6.07) is 6.08. The highest BCUT2D eigenvalue weighted by atomic mass is 19.4. The first-order chi connectivity index (χ1) is 16.0. The average molecular weight is 485 g/mol. The summed E-state index contributed by atoms with van der Waals surface area (Å²) in [5.41, 5.74) is -1.11. The fraction of sp³-hybridized carbons (Fsp3) is 0.273. The third kappa shape index (κ3) is 4.66. The zero-order chi connectivity index (χ0) is 24.7. The summed E-state index contributed by atoms with van der Waals surface area (Å²) in [6.07, 6.45) is -8.16. The number of fused-ring (bicyclic) bond motifs is 1. The van der Waals surface area contributed by atoms with E-state index in [1.54, 1.807) is 24.4 Å². The maximum atomic E-state index is 13.4. The van der Waals surface area contributed by atoms with Gasteiger partial charge >= 0.3 is 12.4 Å². The Balaban J connectivity index is 1.60. The lowest BCUT2D eigenvalue weighted by atomic mass is 9.87. The predicted molar refractivity (Wildman–Crippen MR) is 107 cm³/mol. The van der Waals surface area contributed by atoms with Crippen molar-refractivity contribution in [3.8, 4) is 11.5 Å². The van der Waals surface area contributed by atoms with Gasteiger partial charge in [-0.25, -0.2) is 0 Å². The Labute approximate surface area is 188 Å². The van der Waals surface area contributed by atoms with Gasteiger partial charge in [-0.05, 0) is 29.8 Å². The van der Waals surface area contributed by atoms with Gasteiger partial charge in [-0.1, -0.05) is 12.1 Å². The van der Waals surface area contributed by atoms with Crippen LogP contribution in [0.4, 0.5) is 32.2 Å². The molecule has 1 atom stereocenters. The third-order valence-corrected chi connectivity index (χ3v) is 5.40. The monoisotopic (exact) mass is 485 g/mol. The number of halogens is 6. The molecule has 1 aliphatic heterocycles. The molecular formula is C22H17F6N3O3. The standard InChI is InChI=1S/C22H17F6N3O3/c1-33-18-6-11(14-8-19(32)30-20-15(14)9-29-31-20)2-3-12(18)10-34-17-5-4-13(21(23,24)25)7-16(17)22(26,27)28/h2-7,9,14H,8,10H2,1H3,(H2,29,30,31,32)/t14-/m1/s1. The van der Waals surface area contributed by atoms with Crippen LogP contribution >= 0.6 is 0 Å². The van der Waals surface area contributed by atoms with E-state index in [9.17, 15) is 31.1 Å². The van der Waals surface area contributed by atoms with Gasteiger partial charge in [0.1, 0.15) is 18.1 Å². The van der Waals surface area contributed by atoms with Crippen molar-refractivity contribution < 1.29 is 40.6 Å². The van der Waals surface area contributed by atoms with Crippen molar-refractivity contribution in [1.82, 2.24) is 10.2 Å². The van der Waals surface area contributed by atoms with E-state index in [4.69, 9.17) is 9.47 Å². The number of anilines is 1. The molecule has 180 valence electrons. The molecule has 3 aromatic rings. The molecule has 34 heavy (non-hydrogen) atoms. The Morgan fingerprint density at radius 2 is 1.79 bits per heavy atom. The first-order valence-electron chi connectivity index (χ1n) is 9.89. The lowest BCUT2D eigenvalue weighted by Crippen LogP contribution is -2.23. The summed E-state index contributed by atoms with van der Waals surface area (Å²) < 4.78 is 89.3. The van der Waals surface area contributed by atoms with Crippen molar-refractivity contribution in [2.75, 3.05) is 12.4 Å². The highest BCUT2D eigenvalue weighted by Gasteiger charge is 2.39. The summed E-state index contributed by atoms with van der Waals surface area (Å²) in [5.74, 6) is -0.585. The van der Waals surface area contributed by atoms with Crippen molar-refractivity contribution in [2.24, 2.45) is 0 Å². The summed E-state index contributed by atoms with van der Waals surface area (Å²) in [6.45, 7) is -0.389. The fourth-order valence-corrected chi connectivity index (χ4v) is 3.75. The molecule has 0 saturated carbocycles. The van der Waals surface area contributed by atoms with Crippen LogP contribution in [-0.4, -0.2) is 23.2 Å². The third-order valence-electron chi connectivity index (χ3n) is 5.40. The van der Waals surface area contributed by atoms with Crippen molar-refractivity contribution >= 4 is 11.7 Å². The first kappa shape index (κ1) is 23.5. The largest absolute Gasteiger partial charge is 0.496 e. The van der Waals surface area contributed by atoms with Gasteiger partial charge in [-0.3, -0.25) is 9.89 Å². The van der Waals surface area contributed by atoms with E-state index in [-0.39, 0.29) is 36.7 Å². The topological polar surface area (TPSA) is 76.2 Å². The van der Waals surface area contributed by atoms with Crippen LogP contribution in [0.1, 0.15) is 40.2 Å². The van der Waals surface area contributed by atoms with Gasteiger partial charge in [-0.15, -0.1) is 0 Å². The molecule has 0 unspecified atom stereocenters. The highest BCUT2D eigenvalue weighted by Crippen LogP contribution is 2.41. The quantitative estimate of drug-likeness (QED) is 0.468. The van der Waals surface area contributed by atoms with Gasteiger partial charge in [-0.2, -0.15) is 31.4 Å². The van der Waals surface area contributed by atoms with Crippen LogP contribution < -0.4 is 14.8 Å². The second-order valence-electron chi connectivity index (χ2n) is 7.56. The number of aromatic nitrogens is 2. The number of hydrogen-bond donors (Lipinski definition) is 2. The molecule has 4 rings (SSSR count). The highest BCUT2D eigenvalue weighted by molar-refractivity contribution is 5.94. The average Bonchev–Trinajstić information content (AvgIpc) is 3.24. The van der Waals surface area contributed by atoms with E-state index in [2.05, 4.69) is 15.5 Å². The van der Waals surface area contributed by atoms with E-state index in [0.717, 1.165) is 5.56 Å². The van der Waals surface area contributed by atoms with Gasteiger partial charge in [0.05, 0.1) is 18.2 Å². The van der Waals surface area contributed by atoms with Crippen molar-refractivity contribution in [1.29, 1.82) is 0 Å². The van der Waals surface area contributed by atoms with Gasteiger partial charge in [0.2, 0.25) is 5.91 Å². The first-order valence-corrected chi connectivity index (χ1v) is 9.89. The van der Waals surface area contributed by atoms with Crippen LogP contribution in [0.3, 0.4) is 0 Å². The summed E-state index contributed by atoms with van der Waals surface area (Å²) in [7, 11) is 1.36. The van der Waals surface area contributed by atoms with Crippen LogP contribution in [0.5, 0.6) is 11.5 Å². The molecule has 12 heteroatoms. The zero-order valence-electron chi connectivity index (χ0n) is 17.5. The van der Waals surface area contributed by atoms with Crippen molar-refractivity contribution in [3.63, 3.8) is 0 Å². The summed E-state index contributed by atoms with van der Waals surface area (Å²) in [4.78, 5) is 12.0. The van der Waals surface area contributed by atoms with Crippen LogP contribution in [-0.2, 0) is 23.8 Å². The van der Waals surface area contributed by atoms with Crippen LogP contribution in [0, 0.1) is 0 Å². The Morgan fingerprint density at radius 1 is 1.03 bits per heavy atom. The molecule has 0 fully saturated rings. The maximum absolute atomic E-state index is 13.4. The van der Waals surface area contributed by atoms with E-state index in [0.29, 0.717) is 29.1 Å². The minimum Gasteiger partial charge on any atom is -0.496 e. The molecule has 0 radical (unpaired) electrons. The number of H-pyrrole nitrogens is 1. The molecule has 2 heterocycles. The van der Waals surface area contributed by atoms with E-state index in [1.807, 2.05) is 0 Å².